The summed E-state index contributed by atoms with van der Waals surface area (Å²) in [5.41, 5.74) is 2.41. The molecule has 7 heteroatoms. The second-order valence-corrected chi connectivity index (χ2v) is 7.67. The molecular formula is C23H14Cl3NO3. The Morgan fingerprint density at radius 2 is 1.70 bits per heavy atom. The zero-order valence-electron chi connectivity index (χ0n) is 15.4. The minimum absolute atomic E-state index is 0.165. The number of hydrogen-bond donors (Lipinski definition) is 0. The smallest absolute Gasteiger partial charge is 0.363 e. The van der Waals surface area contributed by atoms with E-state index in [-0.39, 0.29) is 11.6 Å². The lowest BCUT2D eigenvalue weighted by molar-refractivity contribution is -0.129. The minimum Gasteiger partial charge on any atom is -0.488 e. The molecule has 0 unspecified atom stereocenters. The fourth-order valence-electron chi connectivity index (χ4n) is 2.78. The first-order valence-corrected chi connectivity index (χ1v) is 10.1. The van der Waals surface area contributed by atoms with Crippen molar-refractivity contribution in [2.75, 3.05) is 0 Å². The summed E-state index contributed by atoms with van der Waals surface area (Å²) in [7, 11) is 0. The molecule has 0 saturated heterocycles. The Labute approximate surface area is 188 Å². The second kappa shape index (κ2) is 8.92. The molecule has 0 spiro atoms. The number of benzene rings is 3. The van der Waals surface area contributed by atoms with E-state index in [2.05, 4.69) is 4.99 Å². The third kappa shape index (κ3) is 4.68. The molecule has 0 fully saturated rings. The molecule has 0 atom stereocenters. The van der Waals surface area contributed by atoms with Gasteiger partial charge in [0.1, 0.15) is 12.4 Å². The molecule has 1 aliphatic heterocycles. The molecule has 3 aromatic carbocycles. The van der Waals surface area contributed by atoms with Gasteiger partial charge in [0.15, 0.2) is 5.70 Å². The van der Waals surface area contributed by atoms with Gasteiger partial charge in [-0.1, -0.05) is 65.1 Å². The first-order chi connectivity index (χ1) is 14.5. The van der Waals surface area contributed by atoms with Crippen LogP contribution in [0.4, 0.5) is 0 Å². The van der Waals surface area contributed by atoms with E-state index in [1.807, 2.05) is 48.5 Å². The van der Waals surface area contributed by atoms with E-state index in [1.54, 1.807) is 24.3 Å². The summed E-state index contributed by atoms with van der Waals surface area (Å²) in [4.78, 5) is 16.6. The third-order valence-corrected chi connectivity index (χ3v) is 5.30. The number of halogens is 3. The molecule has 4 nitrogen and oxygen atoms in total. The van der Waals surface area contributed by atoms with Gasteiger partial charge in [-0.05, 0) is 48.0 Å². The number of nitrogens with zero attached hydrogens (tertiary/aromatic N) is 1. The van der Waals surface area contributed by atoms with Crippen LogP contribution in [0.5, 0.6) is 5.75 Å². The number of ether oxygens (including phenoxy) is 2. The highest BCUT2D eigenvalue weighted by atomic mass is 35.5. The second-order valence-electron chi connectivity index (χ2n) is 6.42. The molecule has 0 radical (unpaired) electrons. The van der Waals surface area contributed by atoms with Crippen molar-refractivity contribution < 1.29 is 14.3 Å². The SMILES string of the molecule is O=C1OC(c2ccc(Cl)c(Cl)c2)=N/C1=C\c1ccccc1OCc1ccc(Cl)cc1. The fourth-order valence-corrected chi connectivity index (χ4v) is 3.21. The van der Waals surface area contributed by atoms with Gasteiger partial charge in [-0.3, -0.25) is 0 Å². The molecular weight excluding hydrogens is 445 g/mol. The first kappa shape index (κ1) is 20.5. The van der Waals surface area contributed by atoms with Crippen molar-refractivity contribution in [2.24, 2.45) is 4.99 Å². The van der Waals surface area contributed by atoms with Gasteiger partial charge in [0.25, 0.3) is 0 Å². The van der Waals surface area contributed by atoms with E-state index < -0.39 is 5.97 Å². The van der Waals surface area contributed by atoms with Crippen LogP contribution in [0.1, 0.15) is 16.7 Å². The summed E-state index contributed by atoms with van der Waals surface area (Å²) in [6, 6.07) is 19.7. The van der Waals surface area contributed by atoms with Crippen molar-refractivity contribution in [3.63, 3.8) is 0 Å². The molecule has 0 aromatic heterocycles. The Hall–Kier alpha value is -2.79. The topological polar surface area (TPSA) is 47.9 Å². The van der Waals surface area contributed by atoms with Crippen LogP contribution in [-0.2, 0) is 16.1 Å². The molecule has 4 rings (SSSR count). The van der Waals surface area contributed by atoms with Gasteiger partial charge in [-0.2, -0.15) is 0 Å². The number of esters is 1. The molecule has 0 saturated carbocycles. The summed E-state index contributed by atoms with van der Waals surface area (Å²) >= 11 is 17.9. The van der Waals surface area contributed by atoms with E-state index in [1.165, 1.54) is 0 Å². The van der Waals surface area contributed by atoms with Crippen LogP contribution in [0.15, 0.2) is 77.4 Å². The van der Waals surface area contributed by atoms with Crippen LogP contribution in [-0.4, -0.2) is 11.9 Å². The van der Waals surface area contributed by atoms with Crippen molar-refractivity contribution in [1.82, 2.24) is 0 Å². The van der Waals surface area contributed by atoms with Crippen LogP contribution < -0.4 is 4.74 Å². The number of carbonyl (C=O) groups excluding carboxylic acids is 1. The number of aliphatic imine (C=N–C) groups is 1. The van der Waals surface area contributed by atoms with E-state index in [4.69, 9.17) is 44.3 Å². The van der Waals surface area contributed by atoms with E-state index >= 15 is 0 Å². The van der Waals surface area contributed by atoms with Crippen LogP contribution >= 0.6 is 34.8 Å². The summed E-state index contributed by atoms with van der Waals surface area (Å²) in [6.07, 6.45) is 1.63. The zero-order chi connectivity index (χ0) is 21.1. The molecule has 0 N–H and O–H groups in total. The largest absolute Gasteiger partial charge is 0.488 e. The standard InChI is InChI=1S/C23H14Cl3NO3/c24-17-8-5-14(6-9-17)13-29-21-4-2-1-3-15(21)12-20-23(28)30-22(27-20)16-7-10-18(25)19(26)11-16/h1-12H,13H2/b20-12-. The van der Waals surface area contributed by atoms with E-state index in [0.29, 0.717) is 38.6 Å². The van der Waals surface area contributed by atoms with Crippen LogP contribution in [0.25, 0.3) is 6.08 Å². The molecule has 150 valence electrons. The highest BCUT2D eigenvalue weighted by molar-refractivity contribution is 6.42. The predicted molar refractivity (Wildman–Crippen MR) is 119 cm³/mol. The van der Waals surface area contributed by atoms with E-state index in [0.717, 1.165) is 5.56 Å². The number of rotatable bonds is 5. The maximum Gasteiger partial charge on any atom is 0.363 e. The Morgan fingerprint density at radius 3 is 2.47 bits per heavy atom. The normalized spacial score (nSPS) is 14.6. The quantitative estimate of drug-likeness (QED) is 0.321. The van der Waals surface area contributed by atoms with Gasteiger partial charge < -0.3 is 9.47 Å². The van der Waals surface area contributed by atoms with Gasteiger partial charge in [-0.15, -0.1) is 0 Å². The molecule has 0 aliphatic carbocycles. The highest BCUT2D eigenvalue weighted by Gasteiger charge is 2.25. The molecule has 0 amide bonds. The summed E-state index contributed by atoms with van der Waals surface area (Å²) in [5.74, 6) is 0.235. The summed E-state index contributed by atoms with van der Waals surface area (Å²) in [6.45, 7) is 0.361. The van der Waals surface area contributed by atoms with Gasteiger partial charge in [-0.25, -0.2) is 9.79 Å². The van der Waals surface area contributed by atoms with Gasteiger partial charge in [0.05, 0.1) is 10.0 Å². The Balaban J connectivity index is 1.58. The van der Waals surface area contributed by atoms with Crippen LogP contribution in [0, 0.1) is 0 Å². The molecule has 0 bridgehead atoms. The van der Waals surface area contributed by atoms with Gasteiger partial charge >= 0.3 is 5.97 Å². The lowest BCUT2D eigenvalue weighted by atomic mass is 10.1. The monoisotopic (exact) mass is 457 g/mol. The van der Waals surface area contributed by atoms with Crippen molar-refractivity contribution in [2.45, 2.75) is 6.61 Å². The predicted octanol–water partition coefficient (Wildman–Crippen LogP) is 6.57. The molecule has 3 aromatic rings. The Morgan fingerprint density at radius 1 is 0.933 bits per heavy atom. The maximum absolute atomic E-state index is 12.3. The lowest BCUT2D eigenvalue weighted by Gasteiger charge is -2.09. The average molecular weight is 459 g/mol. The third-order valence-electron chi connectivity index (χ3n) is 4.31. The lowest BCUT2D eigenvalue weighted by Crippen LogP contribution is -2.05. The van der Waals surface area contributed by atoms with Crippen molar-refractivity contribution in [1.29, 1.82) is 0 Å². The fraction of sp³-hybridized carbons (Fsp3) is 0.0435. The number of hydrogen-bond acceptors (Lipinski definition) is 4. The van der Waals surface area contributed by atoms with Gasteiger partial charge in [0, 0.05) is 16.1 Å². The summed E-state index contributed by atoms with van der Waals surface area (Å²) in [5, 5.41) is 1.43. The van der Waals surface area contributed by atoms with Gasteiger partial charge in [0.2, 0.25) is 5.90 Å². The molecule has 30 heavy (non-hydrogen) atoms. The first-order valence-electron chi connectivity index (χ1n) is 8.94. The van der Waals surface area contributed by atoms with Crippen molar-refractivity contribution >= 4 is 52.7 Å². The van der Waals surface area contributed by atoms with Crippen LogP contribution in [0.2, 0.25) is 15.1 Å². The maximum atomic E-state index is 12.3. The van der Waals surface area contributed by atoms with Crippen LogP contribution in [0.3, 0.4) is 0 Å². The van der Waals surface area contributed by atoms with Crippen molar-refractivity contribution in [3.8, 4) is 5.75 Å². The number of cyclic esters (lactones) is 1. The van der Waals surface area contributed by atoms with E-state index in [9.17, 15) is 4.79 Å². The Kier molecular flexibility index (Phi) is 6.09. The Bertz CT molecular complexity index is 1170. The zero-order valence-corrected chi connectivity index (χ0v) is 17.7. The minimum atomic E-state index is -0.552. The summed E-state index contributed by atoms with van der Waals surface area (Å²) < 4.78 is 11.2. The highest BCUT2D eigenvalue weighted by Crippen LogP contribution is 2.28. The number of carbonyl (C=O) groups is 1. The molecule has 1 heterocycles. The van der Waals surface area contributed by atoms with Crippen molar-refractivity contribution in [3.05, 3.63) is 104 Å². The average Bonchev–Trinajstić information content (AvgIpc) is 3.11. The number of para-hydroxylation sites is 1. The molecule has 1 aliphatic rings.